The molecular weight excluding hydrogens is 412 g/mol. The molecule has 7 heteroatoms. The molecule has 0 aliphatic heterocycles. The van der Waals surface area contributed by atoms with Gasteiger partial charge in [-0.3, -0.25) is 14.4 Å². The second-order valence-electron chi connectivity index (χ2n) is 6.93. The van der Waals surface area contributed by atoms with E-state index in [0.717, 1.165) is 0 Å². The summed E-state index contributed by atoms with van der Waals surface area (Å²) in [7, 11) is 4.32. The Kier molecular flexibility index (Phi) is 6.70. The smallest absolute Gasteiger partial charge is 0.153 e. The van der Waals surface area contributed by atoms with Crippen LogP contribution in [0.5, 0.6) is 17.2 Å². The number of carbonyl (C=O) groups excluding carboxylic acids is 3. The van der Waals surface area contributed by atoms with E-state index in [2.05, 4.69) is 0 Å². The largest absolute Gasteiger partial charge is 0.496 e. The molecule has 0 bridgehead atoms. The second kappa shape index (κ2) is 9.45. The van der Waals surface area contributed by atoms with Gasteiger partial charge in [-0.05, 0) is 53.1 Å². The minimum Gasteiger partial charge on any atom is -0.496 e. The highest BCUT2D eigenvalue weighted by Gasteiger charge is 2.36. The van der Waals surface area contributed by atoms with Crippen LogP contribution >= 0.6 is 0 Å². The van der Waals surface area contributed by atoms with Gasteiger partial charge in [-0.2, -0.15) is 0 Å². The van der Waals surface area contributed by atoms with Gasteiger partial charge in [-0.25, -0.2) is 0 Å². The Hall–Kier alpha value is -3.97. The third-order valence-electron chi connectivity index (χ3n) is 5.32. The number of hydrogen-bond acceptors (Lipinski definition) is 7. The van der Waals surface area contributed by atoms with Gasteiger partial charge in [-0.1, -0.05) is 18.2 Å². The van der Waals surface area contributed by atoms with Crippen LogP contribution in [0, 0.1) is 0 Å². The normalized spacial score (nSPS) is 10.9. The summed E-state index contributed by atoms with van der Waals surface area (Å²) in [6.07, 6.45) is 1.87. The van der Waals surface area contributed by atoms with E-state index in [1.807, 2.05) is 0 Å². The Morgan fingerprint density at radius 3 is 1.09 bits per heavy atom. The molecule has 0 fully saturated rings. The molecule has 7 nitrogen and oxygen atoms in total. The van der Waals surface area contributed by atoms with Crippen LogP contribution in [0.25, 0.3) is 0 Å². The van der Waals surface area contributed by atoms with Gasteiger partial charge in [0.05, 0.1) is 38.0 Å². The minimum atomic E-state index is -1.82. The first kappa shape index (κ1) is 22.7. The van der Waals surface area contributed by atoms with Crippen LogP contribution in [0.15, 0.2) is 54.6 Å². The molecule has 0 spiro atoms. The molecule has 0 aliphatic carbocycles. The van der Waals surface area contributed by atoms with Gasteiger partial charge in [0.2, 0.25) is 0 Å². The summed E-state index contributed by atoms with van der Waals surface area (Å²) in [4.78, 5) is 34.9. The van der Waals surface area contributed by atoms with Crippen molar-refractivity contribution in [3.63, 3.8) is 0 Å². The molecule has 0 heterocycles. The molecule has 0 amide bonds. The fourth-order valence-corrected chi connectivity index (χ4v) is 3.65. The lowest BCUT2D eigenvalue weighted by molar-refractivity contribution is 0.111. The Balaban J connectivity index is 2.35. The number of benzene rings is 3. The maximum absolute atomic E-state index is 12.1. The van der Waals surface area contributed by atoms with Crippen molar-refractivity contribution in [3.8, 4) is 17.2 Å². The first-order chi connectivity index (χ1) is 15.5. The Morgan fingerprint density at radius 1 is 0.594 bits per heavy atom. The summed E-state index contributed by atoms with van der Waals surface area (Å²) in [5.41, 5.74) is -0.110. The van der Waals surface area contributed by atoms with Gasteiger partial charge in [-0.15, -0.1) is 0 Å². The molecule has 0 unspecified atom stereocenters. The van der Waals surface area contributed by atoms with Crippen molar-refractivity contribution in [2.24, 2.45) is 0 Å². The average molecular weight is 434 g/mol. The molecule has 0 saturated heterocycles. The highest BCUT2D eigenvalue weighted by molar-refractivity contribution is 5.82. The summed E-state index contributed by atoms with van der Waals surface area (Å²) in [5.74, 6) is 1.04. The highest BCUT2D eigenvalue weighted by atomic mass is 16.5. The lowest BCUT2D eigenvalue weighted by Gasteiger charge is -2.31. The zero-order valence-corrected chi connectivity index (χ0v) is 17.8. The van der Waals surface area contributed by atoms with Crippen LogP contribution in [-0.2, 0) is 5.60 Å². The van der Waals surface area contributed by atoms with Crippen molar-refractivity contribution < 1.29 is 33.7 Å². The van der Waals surface area contributed by atoms with Crippen molar-refractivity contribution in [3.05, 3.63) is 88.0 Å². The number of hydrogen-bond donors (Lipinski definition) is 1. The van der Waals surface area contributed by atoms with Crippen LogP contribution in [-0.4, -0.2) is 45.3 Å². The Morgan fingerprint density at radius 2 is 0.875 bits per heavy atom. The zero-order chi connectivity index (χ0) is 23.3. The summed E-state index contributed by atoms with van der Waals surface area (Å²) >= 11 is 0. The highest BCUT2D eigenvalue weighted by Crippen LogP contribution is 2.40. The minimum absolute atomic E-state index is 0.233. The van der Waals surface area contributed by atoms with Crippen molar-refractivity contribution in [1.82, 2.24) is 0 Å². The summed E-state index contributed by atoms with van der Waals surface area (Å²) in [6.45, 7) is 0. The molecule has 3 aromatic carbocycles. The van der Waals surface area contributed by atoms with Gasteiger partial charge in [0.15, 0.2) is 18.9 Å². The van der Waals surface area contributed by atoms with Crippen LogP contribution in [0.2, 0.25) is 0 Å². The van der Waals surface area contributed by atoms with Crippen molar-refractivity contribution >= 4 is 18.9 Å². The Labute approximate surface area is 185 Å². The fraction of sp³-hybridized carbons (Fsp3) is 0.160. The quantitative estimate of drug-likeness (QED) is 0.407. The van der Waals surface area contributed by atoms with Crippen LogP contribution in [0.1, 0.15) is 47.8 Å². The van der Waals surface area contributed by atoms with E-state index in [0.29, 0.717) is 52.8 Å². The molecule has 3 aromatic rings. The molecule has 3 rings (SSSR count). The number of ether oxygens (including phenoxy) is 3. The van der Waals surface area contributed by atoms with E-state index in [4.69, 9.17) is 14.2 Å². The van der Waals surface area contributed by atoms with Crippen LogP contribution < -0.4 is 14.2 Å². The maximum Gasteiger partial charge on any atom is 0.153 e. The van der Waals surface area contributed by atoms with Crippen LogP contribution in [0.3, 0.4) is 0 Å². The molecule has 32 heavy (non-hydrogen) atoms. The van der Waals surface area contributed by atoms with E-state index in [9.17, 15) is 19.5 Å². The molecule has 0 aromatic heterocycles. The van der Waals surface area contributed by atoms with E-state index >= 15 is 0 Å². The number of aldehydes is 3. The molecule has 164 valence electrons. The van der Waals surface area contributed by atoms with Crippen molar-refractivity contribution in [2.45, 2.75) is 5.60 Å². The predicted octanol–water partition coefficient (Wildman–Crippen LogP) is 3.43. The maximum atomic E-state index is 12.1. The van der Waals surface area contributed by atoms with Crippen molar-refractivity contribution in [2.75, 3.05) is 21.3 Å². The number of methoxy groups -OCH3 is 3. The predicted molar refractivity (Wildman–Crippen MR) is 117 cm³/mol. The first-order valence-corrected chi connectivity index (χ1v) is 9.60. The molecule has 1 N–H and O–H groups in total. The fourth-order valence-electron chi connectivity index (χ4n) is 3.65. The van der Waals surface area contributed by atoms with Gasteiger partial charge in [0.1, 0.15) is 22.8 Å². The third kappa shape index (κ3) is 3.86. The number of carbonyl (C=O) groups is 3. The molecule has 0 atom stereocenters. The summed E-state index contributed by atoms with van der Waals surface area (Å²) < 4.78 is 15.6. The molecule has 0 saturated carbocycles. The van der Waals surface area contributed by atoms with Gasteiger partial charge < -0.3 is 19.3 Å². The Bertz CT molecular complexity index is 1020. The standard InChI is InChI=1S/C25H22O7/c1-30-22-7-4-19(10-16(22)13-26)25(29,20-5-8-23(31-2)17(11-20)14-27)21-6-9-24(32-3)18(12-21)15-28/h4-15,29H,1-3H3. The van der Waals surface area contributed by atoms with Crippen molar-refractivity contribution in [1.29, 1.82) is 0 Å². The SMILES string of the molecule is COc1ccc(C(O)(c2ccc(OC)c(C=O)c2)c2ccc(OC)c(C=O)c2)cc1C=O. The summed E-state index contributed by atoms with van der Waals surface area (Å²) in [5, 5.41) is 12.1. The third-order valence-corrected chi connectivity index (χ3v) is 5.32. The molecular formula is C25H22O7. The second-order valence-corrected chi connectivity index (χ2v) is 6.93. The zero-order valence-electron chi connectivity index (χ0n) is 17.8. The number of aliphatic hydroxyl groups is 1. The van der Waals surface area contributed by atoms with E-state index in [1.165, 1.54) is 39.5 Å². The molecule has 0 aliphatic rings. The van der Waals surface area contributed by atoms with E-state index < -0.39 is 5.60 Å². The molecule has 0 radical (unpaired) electrons. The summed E-state index contributed by atoms with van der Waals surface area (Å²) in [6, 6.07) is 14.0. The average Bonchev–Trinajstić information content (AvgIpc) is 2.86. The van der Waals surface area contributed by atoms with Gasteiger partial charge >= 0.3 is 0 Å². The monoisotopic (exact) mass is 434 g/mol. The lowest BCUT2D eigenvalue weighted by atomic mass is 9.79. The van der Waals surface area contributed by atoms with Crippen LogP contribution in [0.4, 0.5) is 0 Å². The topological polar surface area (TPSA) is 99.1 Å². The van der Waals surface area contributed by atoms with Gasteiger partial charge in [0, 0.05) is 0 Å². The number of rotatable bonds is 9. The van der Waals surface area contributed by atoms with Gasteiger partial charge in [0.25, 0.3) is 0 Å². The van der Waals surface area contributed by atoms with E-state index in [1.54, 1.807) is 36.4 Å². The van der Waals surface area contributed by atoms with E-state index in [-0.39, 0.29) is 16.7 Å². The first-order valence-electron chi connectivity index (χ1n) is 9.60. The lowest BCUT2D eigenvalue weighted by Crippen LogP contribution is -2.29.